The molecule has 1 rings (SSSR count). The van der Waals surface area contributed by atoms with Crippen molar-refractivity contribution < 1.29 is 23.7 Å². The fourth-order valence-corrected chi connectivity index (χ4v) is 1.23. The van der Waals surface area contributed by atoms with E-state index in [0.717, 1.165) is 0 Å². The molecule has 5 nitrogen and oxygen atoms in total. The number of methoxy groups -OCH3 is 3. The lowest BCUT2D eigenvalue weighted by atomic mass is 10.1. The summed E-state index contributed by atoms with van der Waals surface area (Å²) in [6, 6.07) is 0. The molecule has 0 saturated heterocycles. The Morgan fingerprint density at radius 3 is 2.36 bits per heavy atom. The molecular formula is C9H14O5. The van der Waals surface area contributed by atoms with Crippen molar-refractivity contribution >= 4 is 5.97 Å². The molecule has 1 unspecified atom stereocenters. The smallest absolute Gasteiger partial charge is 0.335 e. The van der Waals surface area contributed by atoms with Gasteiger partial charge in [0.15, 0.2) is 0 Å². The van der Waals surface area contributed by atoms with Gasteiger partial charge in [0.1, 0.15) is 5.76 Å². The standard InChI is InChI=1S/C9H14O5/c1-9(12-3,13-4)8-6(11-2)5-7(10)14-8/h5,8H,1-4H3. The Labute approximate surface area is 82.6 Å². The molecule has 1 atom stereocenters. The van der Waals surface area contributed by atoms with Crippen LogP contribution in [0, 0.1) is 0 Å². The number of carbonyl (C=O) groups excluding carboxylic acids is 1. The highest BCUT2D eigenvalue weighted by atomic mass is 16.7. The molecular weight excluding hydrogens is 188 g/mol. The molecule has 0 aromatic carbocycles. The molecule has 1 aliphatic rings. The Kier molecular flexibility index (Phi) is 3.13. The second-order valence-corrected chi connectivity index (χ2v) is 2.99. The molecule has 14 heavy (non-hydrogen) atoms. The van der Waals surface area contributed by atoms with Crippen molar-refractivity contribution in [2.75, 3.05) is 21.3 Å². The van der Waals surface area contributed by atoms with Gasteiger partial charge in [0.05, 0.1) is 13.2 Å². The third-order valence-electron chi connectivity index (χ3n) is 2.28. The summed E-state index contributed by atoms with van der Waals surface area (Å²) in [5.74, 6) is -1.07. The zero-order valence-electron chi connectivity index (χ0n) is 8.70. The van der Waals surface area contributed by atoms with Crippen LogP contribution < -0.4 is 0 Å². The Morgan fingerprint density at radius 2 is 1.93 bits per heavy atom. The average Bonchev–Trinajstić information content (AvgIpc) is 2.59. The Bertz CT molecular complexity index is 254. The minimum absolute atomic E-state index is 0.404. The number of rotatable bonds is 4. The fraction of sp³-hybridized carbons (Fsp3) is 0.667. The number of ether oxygens (including phenoxy) is 4. The van der Waals surface area contributed by atoms with Gasteiger partial charge in [-0.05, 0) is 6.92 Å². The first kappa shape index (κ1) is 11.0. The van der Waals surface area contributed by atoms with E-state index in [1.54, 1.807) is 6.92 Å². The SMILES string of the molecule is COC1=CC(=O)OC1C(C)(OC)OC. The summed E-state index contributed by atoms with van der Waals surface area (Å²) in [7, 11) is 4.42. The van der Waals surface area contributed by atoms with Crippen LogP contribution in [-0.4, -0.2) is 39.2 Å². The second kappa shape index (κ2) is 3.98. The number of esters is 1. The van der Waals surface area contributed by atoms with Crippen LogP contribution in [0.25, 0.3) is 0 Å². The number of carbonyl (C=O) groups is 1. The third-order valence-corrected chi connectivity index (χ3v) is 2.28. The minimum Gasteiger partial charge on any atom is -0.497 e. The largest absolute Gasteiger partial charge is 0.497 e. The number of hydrogen-bond acceptors (Lipinski definition) is 5. The van der Waals surface area contributed by atoms with E-state index in [2.05, 4.69) is 0 Å². The molecule has 0 saturated carbocycles. The first-order valence-corrected chi connectivity index (χ1v) is 4.14. The Balaban J connectivity index is 2.88. The lowest BCUT2D eigenvalue weighted by Gasteiger charge is -2.31. The average molecular weight is 202 g/mol. The zero-order valence-corrected chi connectivity index (χ0v) is 8.70. The van der Waals surface area contributed by atoms with E-state index in [9.17, 15) is 4.79 Å². The van der Waals surface area contributed by atoms with Crippen molar-refractivity contribution in [2.45, 2.75) is 18.8 Å². The molecule has 0 aliphatic carbocycles. The van der Waals surface area contributed by atoms with E-state index >= 15 is 0 Å². The van der Waals surface area contributed by atoms with Crippen molar-refractivity contribution in [3.05, 3.63) is 11.8 Å². The quantitative estimate of drug-likeness (QED) is 0.489. The molecule has 0 N–H and O–H groups in total. The van der Waals surface area contributed by atoms with Crippen LogP contribution in [0.1, 0.15) is 6.92 Å². The van der Waals surface area contributed by atoms with Gasteiger partial charge in [-0.2, -0.15) is 0 Å². The highest BCUT2D eigenvalue weighted by molar-refractivity contribution is 5.85. The Morgan fingerprint density at radius 1 is 1.36 bits per heavy atom. The third kappa shape index (κ3) is 1.73. The summed E-state index contributed by atoms with van der Waals surface area (Å²) in [6.07, 6.45) is 0.621. The number of cyclic esters (lactones) is 1. The van der Waals surface area contributed by atoms with E-state index in [4.69, 9.17) is 18.9 Å². The van der Waals surface area contributed by atoms with Gasteiger partial charge in [-0.1, -0.05) is 0 Å². The summed E-state index contributed by atoms with van der Waals surface area (Å²) in [5.41, 5.74) is 0. The highest BCUT2D eigenvalue weighted by Crippen LogP contribution is 2.29. The molecule has 0 aromatic heterocycles. The molecule has 0 aromatic rings. The lowest BCUT2D eigenvalue weighted by molar-refractivity contribution is -0.246. The molecule has 1 aliphatic heterocycles. The molecule has 5 heteroatoms. The molecule has 80 valence electrons. The van der Waals surface area contributed by atoms with Crippen LogP contribution in [0.4, 0.5) is 0 Å². The van der Waals surface area contributed by atoms with Gasteiger partial charge in [0.25, 0.3) is 0 Å². The van der Waals surface area contributed by atoms with Crippen LogP contribution in [-0.2, 0) is 23.7 Å². The summed E-state index contributed by atoms with van der Waals surface area (Å²) < 4.78 is 20.3. The van der Waals surface area contributed by atoms with Crippen molar-refractivity contribution in [1.29, 1.82) is 0 Å². The van der Waals surface area contributed by atoms with Gasteiger partial charge < -0.3 is 18.9 Å². The van der Waals surface area contributed by atoms with E-state index in [-0.39, 0.29) is 0 Å². The minimum atomic E-state index is -1.02. The van der Waals surface area contributed by atoms with E-state index in [0.29, 0.717) is 5.76 Å². The Hall–Kier alpha value is -1.07. The van der Waals surface area contributed by atoms with E-state index in [1.807, 2.05) is 0 Å². The molecule has 0 spiro atoms. The van der Waals surface area contributed by atoms with Crippen LogP contribution in [0.5, 0.6) is 0 Å². The molecule has 0 amide bonds. The van der Waals surface area contributed by atoms with Gasteiger partial charge in [0.2, 0.25) is 11.9 Å². The van der Waals surface area contributed by atoms with Gasteiger partial charge in [0, 0.05) is 14.2 Å². The summed E-state index contributed by atoms with van der Waals surface area (Å²) >= 11 is 0. The van der Waals surface area contributed by atoms with Gasteiger partial charge in [-0.3, -0.25) is 0 Å². The van der Waals surface area contributed by atoms with Gasteiger partial charge >= 0.3 is 5.97 Å². The maximum Gasteiger partial charge on any atom is 0.335 e. The van der Waals surface area contributed by atoms with Crippen LogP contribution >= 0.6 is 0 Å². The first-order chi connectivity index (χ1) is 6.57. The maximum atomic E-state index is 11.0. The molecule has 0 fully saturated rings. The van der Waals surface area contributed by atoms with E-state index < -0.39 is 17.9 Å². The van der Waals surface area contributed by atoms with Gasteiger partial charge in [-0.25, -0.2) is 4.79 Å². The zero-order chi connectivity index (χ0) is 10.8. The summed E-state index contributed by atoms with van der Waals surface area (Å²) in [5, 5.41) is 0. The molecule has 1 heterocycles. The maximum absolute atomic E-state index is 11.0. The second-order valence-electron chi connectivity index (χ2n) is 2.99. The lowest BCUT2D eigenvalue weighted by Crippen LogP contribution is -2.44. The summed E-state index contributed by atoms with van der Waals surface area (Å²) in [6.45, 7) is 1.67. The topological polar surface area (TPSA) is 54.0 Å². The predicted octanol–water partition coefficient (Wildman–Crippen LogP) is 0.451. The fourth-order valence-electron chi connectivity index (χ4n) is 1.23. The highest BCUT2D eigenvalue weighted by Gasteiger charge is 2.44. The van der Waals surface area contributed by atoms with Crippen molar-refractivity contribution in [2.24, 2.45) is 0 Å². The van der Waals surface area contributed by atoms with Crippen LogP contribution in [0.15, 0.2) is 11.8 Å². The van der Waals surface area contributed by atoms with Crippen LogP contribution in [0.2, 0.25) is 0 Å². The van der Waals surface area contributed by atoms with Crippen LogP contribution in [0.3, 0.4) is 0 Å². The van der Waals surface area contributed by atoms with Crippen molar-refractivity contribution in [3.8, 4) is 0 Å². The van der Waals surface area contributed by atoms with Crippen molar-refractivity contribution in [3.63, 3.8) is 0 Å². The molecule has 0 radical (unpaired) electrons. The normalized spacial score (nSPS) is 21.9. The first-order valence-electron chi connectivity index (χ1n) is 4.14. The van der Waals surface area contributed by atoms with E-state index in [1.165, 1.54) is 27.4 Å². The molecule has 0 bridgehead atoms. The predicted molar refractivity (Wildman–Crippen MR) is 47.4 cm³/mol. The monoisotopic (exact) mass is 202 g/mol. The van der Waals surface area contributed by atoms with Gasteiger partial charge in [-0.15, -0.1) is 0 Å². The van der Waals surface area contributed by atoms with Crippen molar-refractivity contribution in [1.82, 2.24) is 0 Å². The summed E-state index contributed by atoms with van der Waals surface area (Å²) in [4.78, 5) is 11.0. The number of hydrogen-bond donors (Lipinski definition) is 0.